The van der Waals surface area contributed by atoms with Crippen LogP contribution in [0.25, 0.3) is 0 Å². The number of benzene rings is 1. The van der Waals surface area contributed by atoms with Crippen LogP contribution in [0.2, 0.25) is 0 Å². The third-order valence-corrected chi connectivity index (χ3v) is 2.52. The van der Waals surface area contributed by atoms with Crippen LogP contribution in [0.4, 0.5) is 0 Å². The fraction of sp³-hybridized carbons (Fsp3) is 0.333. The van der Waals surface area contributed by atoms with Crippen LogP contribution < -0.4 is 0 Å². The van der Waals surface area contributed by atoms with Gasteiger partial charge in [0.05, 0.1) is 12.1 Å². The molecule has 4 nitrogen and oxygen atoms in total. The van der Waals surface area contributed by atoms with Crippen LogP contribution in [0, 0.1) is 6.92 Å². The first-order valence-electron chi connectivity index (χ1n) is 5.16. The summed E-state index contributed by atoms with van der Waals surface area (Å²) in [4.78, 5) is 15.6. The summed E-state index contributed by atoms with van der Waals surface area (Å²) in [5, 5.41) is 12.6. The topological polar surface area (TPSA) is 58.9 Å². The Kier molecular flexibility index (Phi) is 2.90. The second kappa shape index (κ2) is 4.35. The zero-order valence-corrected chi connectivity index (χ0v) is 9.01. The molecule has 1 aliphatic rings. The molecule has 1 unspecified atom stereocenters. The first kappa shape index (κ1) is 10.7. The van der Waals surface area contributed by atoms with Gasteiger partial charge in [-0.2, -0.15) is 0 Å². The minimum Gasteiger partial charge on any atom is -0.481 e. The summed E-state index contributed by atoms with van der Waals surface area (Å²) in [5.41, 5.74) is 3.01. The highest BCUT2D eigenvalue weighted by Gasteiger charge is 2.24. The summed E-state index contributed by atoms with van der Waals surface area (Å²) in [5.74, 6) is -0.856. The van der Waals surface area contributed by atoms with E-state index in [-0.39, 0.29) is 12.5 Å². The van der Waals surface area contributed by atoms with Crippen LogP contribution in [0.15, 0.2) is 29.4 Å². The number of hydrogen-bond donors (Lipinski definition) is 1. The van der Waals surface area contributed by atoms with E-state index in [0.29, 0.717) is 6.42 Å². The third-order valence-electron chi connectivity index (χ3n) is 2.52. The first-order chi connectivity index (χ1) is 7.65. The molecule has 2 rings (SSSR count). The zero-order valence-electron chi connectivity index (χ0n) is 9.01. The number of nitrogens with zero attached hydrogens (tertiary/aromatic N) is 1. The predicted octanol–water partition coefficient (Wildman–Crippen LogP) is 1.96. The van der Waals surface area contributed by atoms with Gasteiger partial charge in [-0.3, -0.25) is 4.79 Å². The van der Waals surface area contributed by atoms with E-state index in [2.05, 4.69) is 5.16 Å². The van der Waals surface area contributed by atoms with E-state index in [4.69, 9.17) is 9.94 Å². The standard InChI is InChI=1S/C12H13NO3/c1-8-2-4-9(5-3-8)11-6-10(16-13-11)7-12(14)15/h2-5,10H,6-7H2,1H3,(H,14,15). The summed E-state index contributed by atoms with van der Waals surface area (Å²) in [7, 11) is 0. The lowest BCUT2D eigenvalue weighted by molar-refractivity contribution is -0.139. The van der Waals surface area contributed by atoms with Crippen molar-refractivity contribution >= 4 is 11.7 Å². The fourth-order valence-electron chi connectivity index (χ4n) is 1.65. The van der Waals surface area contributed by atoms with Gasteiger partial charge in [-0.15, -0.1) is 0 Å². The van der Waals surface area contributed by atoms with Gasteiger partial charge in [0.1, 0.15) is 6.10 Å². The van der Waals surface area contributed by atoms with Crippen LogP contribution in [0.5, 0.6) is 0 Å². The average Bonchev–Trinajstić information content (AvgIpc) is 2.66. The minimum atomic E-state index is -0.856. The number of aryl methyl sites for hydroxylation is 1. The summed E-state index contributed by atoms with van der Waals surface area (Å²) >= 11 is 0. The van der Waals surface area contributed by atoms with Crippen molar-refractivity contribution in [1.82, 2.24) is 0 Å². The van der Waals surface area contributed by atoms with Crippen molar-refractivity contribution < 1.29 is 14.7 Å². The summed E-state index contributed by atoms with van der Waals surface area (Å²) in [6, 6.07) is 7.95. The zero-order chi connectivity index (χ0) is 11.5. The SMILES string of the molecule is Cc1ccc(C2=NOC(CC(=O)O)C2)cc1. The molecule has 4 heteroatoms. The molecule has 1 heterocycles. The van der Waals surface area contributed by atoms with E-state index in [1.54, 1.807) is 0 Å². The Hall–Kier alpha value is -1.84. The molecule has 0 fully saturated rings. The Balaban J connectivity index is 2.03. The second-order valence-electron chi connectivity index (χ2n) is 3.93. The molecular weight excluding hydrogens is 206 g/mol. The predicted molar refractivity (Wildman–Crippen MR) is 59.5 cm³/mol. The van der Waals surface area contributed by atoms with Crippen molar-refractivity contribution in [1.29, 1.82) is 0 Å². The molecular formula is C12H13NO3. The summed E-state index contributed by atoms with van der Waals surface area (Å²) in [6.45, 7) is 2.02. The van der Waals surface area contributed by atoms with Crippen molar-refractivity contribution in [3.8, 4) is 0 Å². The molecule has 0 bridgehead atoms. The number of hydrogen-bond acceptors (Lipinski definition) is 3. The Labute approximate surface area is 93.5 Å². The van der Waals surface area contributed by atoms with Gasteiger partial charge in [0.25, 0.3) is 0 Å². The number of carboxylic acid groups (broad SMARTS) is 1. The molecule has 1 aliphatic heterocycles. The second-order valence-corrected chi connectivity index (χ2v) is 3.93. The third kappa shape index (κ3) is 2.39. The number of carboxylic acids is 1. The molecule has 1 atom stereocenters. The molecule has 0 aliphatic carbocycles. The maximum absolute atomic E-state index is 10.5. The van der Waals surface area contributed by atoms with Crippen LogP contribution in [-0.2, 0) is 9.63 Å². The smallest absolute Gasteiger partial charge is 0.307 e. The summed E-state index contributed by atoms with van der Waals surface area (Å²) < 4.78 is 0. The molecule has 0 saturated heterocycles. The van der Waals surface area contributed by atoms with Crippen molar-refractivity contribution in [3.05, 3.63) is 35.4 Å². The summed E-state index contributed by atoms with van der Waals surface area (Å²) in [6.07, 6.45) is 0.239. The quantitative estimate of drug-likeness (QED) is 0.845. The van der Waals surface area contributed by atoms with Crippen LogP contribution in [0.1, 0.15) is 24.0 Å². The van der Waals surface area contributed by atoms with Gasteiger partial charge in [0, 0.05) is 6.42 Å². The van der Waals surface area contributed by atoms with Gasteiger partial charge >= 0.3 is 5.97 Å². The maximum atomic E-state index is 10.5. The van der Waals surface area contributed by atoms with Gasteiger partial charge in [0.2, 0.25) is 0 Å². The fourth-order valence-corrected chi connectivity index (χ4v) is 1.65. The largest absolute Gasteiger partial charge is 0.481 e. The van der Waals surface area contributed by atoms with Gasteiger partial charge in [-0.1, -0.05) is 35.0 Å². The first-order valence-corrected chi connectivity index (χ1v) is 5.16. The molecule has 0 saturated carbocycles. The Morgan fingerprint density at radius 1 is 1.50 bits per heavy atom. The molecule has 0 aromatic heterocycles. The number of aliphatic carboxylic acids is 1. The van der Waals surface area contributed by atoms with Gasteiger partial charge < -0.3 is 9.94 Å². The lowest BCUT2D eigenvalue weighted by atomic mass is 10.0. The highest BCUT2D eigenvalue weighted by molar-refractivity contribution is 6.01. The molecule has 84 valence electrons. The Morgan fingerprint density at radius 2 is 2.19 bits per heavy atom. The van der Waals surface area contributed by atoms with Crippen LogP contribution >= 0.6 is 0 Å². The molecule has 1 aromatic carbocycles. The molecule has 0 radical (unpaired) electrons. The van der Waals surface area contributed by atoms with E-state index in [9.17, 15) is 4.79 Å². The highest BCUT2D eigenvalue weighted by atomic mass is 16.6. The van der Waals surface area contributed by atoms with E-state index in [1.165, 1.54) is 5.56 Å². The number of rotatable bonds is 3. The van der Waals surface area contributed by atoms with Gasteiger partial charge in [-0.05, 0) is 12.5 Å². The Bertz CT molecular complexity index is 422. The van der Waals surface area contributed by atoms with E-state index in [1.807, 2.05) is 31.2 Å². The monoisotopic (exact) mass is 219 g/mol. The minimum absolute atomic E-state index is 0.00113. The van der Waals surface area contributed by atoms with Crippen molar-refractivity contribution in [2.45, 2.75) is 25.9 Å². The van der Waals surface area contributed by atoms with Crippen LogP contribution in [0.3, 0.4) is 0 Å². The lowest BCUT2D eigenvalue weighted by Crippen LogP contribution is -2.13. The lowest BCUT2D eigenvalue weighted by Gasteiger charge is -2.03. The van der Waals surface area contributed by atoms with E-state index < -0.39 is 5.97 Å². The average molecular weight is 219 g/mol. The molecule has 0 amide bonds. The van der Waals surface area contributed by atoms with Crippen molar-refractivity contribution in [3.63, 3.8) is 0 Å². The van der Waals surface area contributed by atoms with Gasteiger partial charge in [0.15, 0.2) is 0 Å². The maximum Gasteiger partial charge on any atom is 0.307 e. The van der Waals surface area contributed by atoms with E-state index >= 15 is 0 Å². The molecule has 16 heavy (non-hydrogen) atoms. The van der Waals surface area contributed by atoms with Crippen molar-refractivity contribution in [2.24, 2.45) is 5.16 Å². The molecule has 1 N–H and O–H groups in total. The highest BCUT2D eigenvalue weighted by Crippen LogP contribution is 2.19. The van der Waals surface area contributed by atoms with Crippen LogP contribution in [-0.4, -0.2) is 22.9 Å². The van der Waals surface area contributed by atoms with Gasteiger partial charge in [-0.25, -0.2) is 0 Å². The number of oxime groups is 1. The molecule has 0 spiro atoms. The van der Waals surface area contributed by atoms with Crippen molar-refractivity contribution in [2.75, 3.05) is 0 Å². The molecule has 1 aromatic rings. The Morgan fingerprint density at radius 3 is 2.81 bits per heavy atom. The van der Waals surface area contributed by atoms with E-state index in [0.717, 1.165) is 11.3 Å². The number of carbonyl (C=O) groups is 1. The normalized spacial score (nSPS) is 19.1.